The largest absolute Gasteiger partial charge is 0.504 e. The summed E-state index contributed by atoms with van der Waals surface area (Å²) in [5.41, 5.74) is 0.604. The molecule has 0 aromatic heterocycles. The highest BCUT2D eigenvalue weighted by Crippen LogP contribution is 2.39. The molecular formula is C22H24ClN3O6S. The fourth-order valence-corrected chi connectivity index (χ4v) is 4.94. The molecule has 176 valence electrons. The molecule has 33 heavy (non-hydrogen) atoms. The van der Waals surface area contributed by atoms with Crippen molar-refractivity contribution in [1.82, 2.24) is 4.47 Å². The Hall–Kier alpha value is -2.92. The van der Waals surface area contributed by atoms with Crippen LogP contribution in [0.3, 0.4) is 0 Å². The summed E-state index contributed by atoms with van der Waals surface area (Å²) in [7, 11) is -2.01. The van der Waals surface area contributed by atoms with Gasteiger partial charge in [-0.15, -0.1) is 0 Å². The number of hydrogen-bond acceptors (Lipinski definition) is 8. The van der Waals surface area contributed by atoms with Crippen LogP contribution < -0.4 is 21.5 Å². The lowest BCUT2D eigenvalue weighted by Crippen LogP contribution is -2.39. The van der Waals surface area contributed by atoms with Crippen molar-refractivity contribution < 1.29 is 18.4 Å². The molecule has 3 aromatic carbocycles. The Bertz CT molecular complexity index is 1370. The standard InChI is InChI=1S/C22H24ClN3O6S/c1-12-7-5-6-8-14(12)11-13(2)24-17-18(21(29)20(17)28)25-16-10-9-15(23)22(19(16)27)33(30,31)26(3)32-4/h5-10,13,24-25,27H,11H2,1-4H3/t13-/m0/s1. The summed E-state index contributed by atoms with van der Waals surface area (Å²) in [6.07, 6.45) is 0.614. The maximum absolute atomic E-state index is 12.6. The summed E-state index contributed by atoms with van der Waals surface area (Å²) in [4.78, 5) is 28.5. The van der Waals surface area contributed by atoms with Gasteiger partial charge in [0.1, 0.15) is 16.3 Å². The zero-order valence-corrected chi connectivity index (χ0v) is 20.0. The van der Waals surface area contributed by atoms with E-state index >= 15 is 0 Å². The van der Waals surface area contributed by atoms with Crippen LogP contribution in [-0.4, -0.2) is 38.2 Å². The van der Waals surface area contributed by atoms with E-state index in [0.717, 1.165) is 25.3 Å². The van der Waals surface area contributed by atoms with Crippen LogP contribution in [0.2, 0.25) is 5.02 Å². The van der Waals surface area contributed by atoms with Crippen LogP contribution in [0.15, 0.2) is 50.9 Å². The molecule has 0 heterocycles. The van der Waals surface area contributed by atoms with Crippen molar-refractivity contribution in [3.05, 3.63) is 73.0 Å². The minimum absolute atomic E-state index is 0.0638. The second-order valence-electron chi connectivity index (χ2n) is 7.58. The summed E-state index contributed by atoms with van der Waals surface area (Å²) in [5, 5.41) is 16.1. The van der Waals surface area contributed by atoms with Crippen LogP contribution >= 0.6 is 11.6 Å². The van der Waals surface area contributed by atoms with E-state index in [4.69, 9.17) is 16.4 Å². The number of nitrogens with zero attached hydrogens (tertiary/aromatic N) is 1. The predicted molar refractivity (Wildman–Crippen MR) is 128 cm³/mol. The Labute approximate surface area is 196 Å². The number of benzene rings is 2. The second-order valence-corrected chi connectivity index (χ2v) is 9.86. The van der Waals surface area contributed by atoms with Gasteiger partial charge in [0.15, 0.2) is 5.75 Å². The smallest absolute Gasteiger partial charge is 0.269 e. The van der Waals surface area contributed by atoms with Crippen molar-refractivity contribution in [3.8, 4) is 5.75 Å². The second kappa shape index (κ2) is 9.52. The van der Waals surface area contributed by atoms with Gasteiger partial charge in [-0.25, -0.2) is 8.42 Å². The topological polar surface area (TPSA) is 125 Å². The quantitative estimate of drug-likeness (QED) is 0.236. The van der Waals surface area contributed by atoms with E-state index in [1.807, 2.05) is 38.1 Å². The third kappa shape index (κ3) is 4.74. The summed E-state index contributed by atoms with van der Waals surface area (Å²) < 4.78 is 25.8. The third-order valence-corrected chi connectivity index (χ3v) is 7.47. The lowest BCUT2D eigenvalue weighted by atomic mass is 10.0. The molecule has 3 rings (SSSR count). The molecular weight excluding hydrogens is 470 g/mol. The Kier molecular flexibility index (Phi) is 7.13. The lowest BCUT2D eigenvalue weighted by molar-refractivity contribution is -0.0259. The molecule has 9 nitrogen and oxygen atoms in total. The normalized spacial score (nSPS) is 12.8. The number of aromatic hydroxyl groups is 1. The average Bonchev–Trinajstić information content (AvgIpc) is 2.77. The van der Waals surface area contributed by atoms with Gasteiger partial charge in [-0.1, -0.05) is 40.3 Å². The van der Waals surface area contributed by atoms with Crippen LogP contribution in [0.4, 0.5) is 17.1 Å². The number of halogens is 1. The molecule has 3 N–H and O–H groups in total. The molecule has 0 saturated carbocycles. The Morgan fingerprint density at radius 3 is 2.39 bits per heavy atom. The highest BCUT2D eigenvalue weighted by molar-refractivity contribution is 7.89. The first-order valence-corrected chi connectivity index (χ1v) is 11.8. The van der Waals surface area contributed by atoms with Crippen LogP contribution in [0.1, 0.15) is 18.1 Å². The molecule has 0 amide bonds. The van der Waals surface area contributed by atoms with E-state index in [0.29, 0.717) is 10.9 Å². The number of phenols is 1. The molecule has 1 atom stereocenters. The van der Waals surface area contributed by atoms with E-state index in [9.17, 15) is 23.1 Å². The Morgan fingerprint density at radius 1 is 1.12 bits per heavy atom. The van der Waals surface area contributed by atoms with E-state index in [2.05, 4.69) is 10.6 Å². The number of hydroxylamine groups is 1. The van der Waals surface area contributed by atoms with Gasteiger partial charge in [-0.05, 0) is 43.5 Å². The molecule has 0 aliphatic carbocycles. The van der Waals surface area contributed by atoms with Crippen molar-refractivity contribution in [1.29, 1.82) is 0 Å². The van der Waals surface area contributed by atoms with E-state index < -0.39 is 31.5 Å². The molecule has 0 unspecified atom stereocenters. The molecule has 0 fully saturated rings. The predicted octanol–water partition coefficient (Wildman–Crippen LogP) is 2.92. The molecule has 0 radical (unpaired) electrons. The van der Waals surface area contributed by atoms with Crippen molar-refractivity contribution >= 4 is 38.7 Å². The Morgan fingerprint density at radius 2 is 1.76 bits per heavy atom. The minimum atomic E-state index is -4.29. The number of nitrogens with one attached hydrogen (secondary N) is 2. The highest BCUT2D eigenvalue weighted by atomic mass is 35.5. The van der Waals surface area contributed by atoms with Crippen molar-refractivity contribution in [2.45, 2.75) is 31.2 Å². The molecule has 11 heteroatoms. The fraction of sp³-hybridized carbons (Fsp3) is 0.273. The number of hydrogen-bond donors (Lipinski definition) is 3. The van der Waals surface area contributed by atoms with E-state index in [-0.39, 0.29) is 28.1 Å². The van der Waals surface area contributed by atoms with Crippen LogP contribution in [0.25, 0.3) is 0 Å². The molecule has 0 aliphatic heterocycles. The maximum Gasteiger partial charge on any atom is 0.269 e. The van der Waals surface area contributed by atoms with Gasteiger partial charge >= 0.3 is 0 Å². The molecule has 3 aromatic rings. The van der Waals surface area contributed by atoms with Crippen LogP contribution in [-0.2, 0) is 21.3 Å². The molecule has 0 saturated heterocycles. The van der Waals surface area contributed by atoms with E-state index in [1.54, 1.807) is 0 Å². The van der Waals surface area contributed by atoms with Crippen LogP contribution in [0.5, 0.6) is 5.75 Å². The SMILES string of the molecule is CON(C)S(=O)(=O)c1c(Cl)ccc(Nc2c(N[C@@H](C)Cc3ccccc3C)c(=O)c2=O)c1O. The minimum Gasteiger partial charge on any atom is -0.504 e. The fourth-order valence-electron chi connectivity index (χ4n) is 3.37. The average molecular weight is 494 g/mol. The van der Waals surface area contributed by atoms with Gasteiger partial charge in [0.25, 0.3) is 20.9 Å². The first-order chi connectivity index (χ1) is 15.5. The van der Waals surface area contributed by atoms with Gasteiger partial charge < -0.3 is 15.7 Å². The van der Waals surface area contributed by atoms with E-state index in [1.165, 1.54) is 12.1 Å². The van der Waals surface area contributed by atoms with Gasteiger partial charge in [0.2, 0.25) is 0 Å². The summed E-state index contributed by atoms with van der Waals surface area (Å²) in [6.45, 7) is 3.86. The number of aryl methyl sites for hydroxylation is 1. The first-order valence-electron chi connectivity index (χ1n) is 9.94. The third-order valence-electron chi connectivity index (χ3n) is 5.29. The van der Waals surface area contributed by atoms with Crippen molar-refractivity contribution in [2.75, 3.05) is 24.8 Å². The van der Waals surface area contributed by atoms with Gasteiger partial charge in [-0.2, -0.15) is 0 Å². The zero-order chi connectivity index (χ0) is 24.5. The Balaban J connectivity index is 1.90. The molecule has 0 bridgehead atoms. The first kappa shape index (κ1) is 24.7. The number of rotatable bonds is 9. The van der Waals surface area contributed by atoms with Gasteiger partial charge in [0, 0.05) is 13.1 Å². The van der Waals surface area contributed by atoms with Gasteiger partial charge in [-0.3, -0.25) is 14.4 Å². The number of sulfonamides is 1. The monoisotopic (exact) mass is 493 g/mol. The highest BCUT2D eigenvalue weighted by Gasteiger charge is 2.30. The summed E-state index contributed by atoms with van der Waals surface area (Å²) in [5.74, 6) is -0.710. The van der Waals surface area contributed by atoms with Gasteiger partial charge in [0.05, 0.1) is 17.8 Å². The molecule has 0 spiro atoms. The maximum atomic E-state index is 12.6. The summed E-state index contributed by atoms with van der Waals surface area (Å²) >= 11 is 6.02. The summed E-state index contributed by atoms with van der Waals surface area (Å²) in [6, 6.07) is 10.2. The van der Waals surface area contributed by atoms with Crippen molar-refractivity contribution in [2.24, 2.45) is 0 Å². The van der Waals surface area contributed by atoms with Crippen molar-refractivity contribution in [3.63, 3.8) is 0 Å². The molecule has 0 aliphatic rings. The van der Waals surface area contributed by atoms with Crippen LogP contribution in [0, 0.1) is 6.92 Å². The lowest BCUT2D eigenvalue weighted by Gasteiger charge is -2.21. The zero-order valence-electron chi connectivity index (χ0n) is 18.5. The number of phenolic OH excluding ortho intramolecular Hbond substituents is 1. The number of anilines is 3.